The van der Waals surface area contributed by atoms with Crippen molar-refractivity contribution in [1.29, 1.82) is 0 Å². The van der Waals surface area contributed by atoms with Crippen LogP contribution < -0.4 is 10.6 Å². The number of nitrogens with one attached hydrogen (secondary N) is 2. The van der Waals surface area contributed by atoms with Crippen LogP contribution >= 0.6 is 0 Å². The van der Waals surface area contributed by atoms with E-state index in [0.29, 0.717) is 16.4 Å². The van der Waals surface area contributed by atoms with Crippen molar-refractivity contribution >= 4 is 0 Å². The van der Waals surface area contributed by atoms with E-state index < -0.39 is 0 Å². The maximum Gasteiger partial charge on any atom is 0.0679 e. The molecule has 6 aliphatic rings. The molecule has 3 spiro atoms. The van der Waals surface area contributed by atoms with E-state index in [1.54, 1.807) is 0 Å². The molecule has 0 bridgehead atoms. The topological polar surface area (TPSA) is 37.0 Å². The molecule has 0 aromatic rings. The number of nitrogens with zero attached hydrogens (tertiary/aromatic N) is 4. The Morgan fingerprint density at radius 2 is 1.33 bits per heavy atom. The van der Waals surface area contributed by atoms with Gasteiger partial charge in [-0.05, 0) is 111 Å². The number of hydrogen-bond acceptors (Lipinski definition) is 6. The van der Waals surface area contributed by atoms with E-state index in [1.165, 1.54) is 130 Å². The van der Waals surface area contributed by atoms with Crippen molar-refractivity contribution in [2.75, 3.05) is 72.0 Å². The Hall–Kier alpha value is -0.240. The first-order valence-corrected chi connectivity index (χ1v) is 15.7. The molecule has 6 rings (SSSR count). The predicted octanol–water partition coefficient (Wildman–Crippen LogP) is 3.19. The van der Waals surface area contributed by atoms with Crippen LogP contribution in [-0.4, -0.2) is 115 Å². The first kappa shape index (κ1) is 26.0. The lowest BCUT2D eigenvalue weighted by molar-refractivity contribution is -0.108. The maximum atomic E-state index is 3.60. The van der Waals surface area contributed by atoms with Gasteiger partial charge in [0.1, 0.15) is 0 Å². The second kappa shape index (κ2) is 9.75. The fraction of sp³-hybridized carbons (Fsp3) is 1.00. The molecule has 6 heterocycles. The number of piperidine rings is 2. The van der Waals surface area contributed by atoms with Crippen LogP contribution in [0, 0.1) is 10.8 Å². The lowest BCUT2D eigenvalue weighted by Gasteiger charge is -2.58. The Morgan fingerprint density at radius 3 is 1.97 bits per heavy atom. The molecule has 2 unspecified atom stereocenters. The summed E-state index contributed by atoms with van der Waals surface area (Å²) in [5, 5.41) is 7.12. The van der Waals surface area contributed by atoms with Crippen molar-refractivity contribution in [2.24, 2.45) is 10.8 Å². The van der Waals surface area contributed by atoms with Gasteiger partial charge in [0, 0.05) is 75.4 Å². The molecule has 0 aliphatic carbocycles. The monoisotopic (exact) mass is 500 g/mol. The van der Waals surface area contributed by atoms with Crippen LogP contribution in [0.2, 0.25) is 0 Å². The molecule has 2 N–H and O–H groups in total. The number of likely N-dealkylation sites (tertiary alicyclic amines) is 4. The molecule has 6 aliphatic heterocycles. The molecule has 0 aromatic carbocycles. The summed E-state index contributed by atoms with van der Waals surface area (Å²) in [6.45, 7) is 24.2. The average Bonchev–Trinajstić information content (AvgIpc) is 3.47. The lowest BCUT2D eigenvalue weighted by Crippen LogP contribution is -2.66. The molecular weight excluding hydrogens is 444 g/mol. The highest BCUT2D eigenvalue weighted by molar-refractivity contribution is 5.05. The molecule has 6 nitrogen and oxygen atoms in total. The van der Waals surface area contributed by atoms with E-state index in [2.05, 4.69) is 57.9 Å². The predicted molar refractivity (Wildman–Crippen MR) is 149 cm³/mol. The van der Waals surface area contributed by atoms with Gasteiger partial charge in [-0.2, -0.15) is 0 Å². The minimum atomic E-state index is 0.217. The highest BCUT2D eigenvalue weighted by atomic mass is 15.4. The van der Waals surface area contributed by atoms with Gasteiger partial charge in [-0.3, -0.25) is 19.6 Å². The highest BCUT2D eigenvalue weighted by Gasteiger charge is 2.51. The van der Waals surface area contributed by atoms with Gasteiger partial charge in [0.05, 0.1) is 5.66 Å². The summed E-state index contributed by atoms with van der Waals surface area (Å²) in [6.07, 6.45) is 12.5. The second-order valence-corrected chi connectivity index (χ2v) is 14.7. The highest BCUT2D eigenvalue weighted by Crippen LogP contribution is 2.45. The molecule has 0 aromatic heterocycles. The van der Waals surface area contributed by atoms with E-state index in [-0.39, 0.29) is 5.66 Å². The first-order chi connectivity index (χ1) is 17.3. The van der Waals surface area contributed by atoms with Crippen molar-refractivity contribution in [3.63, 3.8) is 0 Å². The molecule has 6 fully saturated rings. The zero-order valence-corrected chi connectivity index (χ0v) is 24.1. The number of hydrogen-bond donors (Lipinski definition) is 2. The summed E-state index contributed by atoms with van der Waals surface area (Å²) in [7, 11) is 0. The molecule has 0 radical (unpaired) electrons. The molecule has 0 saturated carbocycles. The molecule has 0 amide bonds. The zero-order valence-electron chi connectivity index (χ0n) is 24.1. The summed E-state index contributed by atoms with van der Waals surface area (Å²) >= 11 is 0. The Labute approximate surface area is 221 Å². The Kier molecular flexibility index (Phi) is 7.04. The van der Waals surface area contributed by atoms with E-state index in [4.69, 9.17) is 0 Å². The quantitative estimate of drug-likeness (QED) is 0.559. The summed E-state index contributed by atoms with van der Waals surface area (Å²) < 4.78 is 0. The molecule has 6 saturated heterocycles. The third kappa shape index (κ3) is 4.60. The van der Waals surface area contributed by atoms with E-state index in [9.17, 15) is 0 Å². The fourth-order valence-corrected chi connectivity index (χ4v) is 9.24. The molecule has 36 heavy (non-hydrogen) atoms. The average molecular weight is 501 g/mol. The summed E-state index contributed by atoms with van der Waals surface area (Å²) in [5.41, 5.74) is 1.96. The molecular formula is C30H56N6. The Morgan fingerprint density at radius 1 is 0.694 bits per heavy atom. The van der Waals surface area contributed by atoms with Gasteiger partial charge in [-0.15, -0.1) is 0 Å². The minimum Gasteiger partial charge on any atom is -0.317 e. The fourth-order valence-electron chi connectivity index (χ4n) is 9.24. The minimum absolute atomic E-state index is 0.217. The summed E-state index contributed by atoms with van der Waals surface area (Å²) in [5.74, 6) is 0. The third-order valence-electron chi connectivity index (χ3n) is 12.2. The van der Waals surface area contributed by atoms with Crippen LogP contribution in [0.15, 0.2) is 0 Å². The normalized spacial score (nSPS) is 32.7. The smallest absolute Gasteiger partial charge is 0.0679 e. The number of rotatable bonds is 7. The van der Waals surface area contributed by atoms with Crippen molar-refractivity contribution in [2.45, 2.75) is 109 Å². The SMILES string of the molecule is CC(CCC(C)N1CCCC12CCNCC2)N1CC2(CCN(C(C)(C)N3CCC4(CNC4)C3)CC2)C1. The summed E-state index contributed by atoms with van der Waals surface area (Å²) in [4.78, 5) is 11.4. The largest absolute Gasteiger partial charge is 0.317 e. The van der Waals surface area contributed by atoms with E-state index in [1.807, 2.05) is 0 Å². The van der Waals surface area contributed by atoms with Gasteiger partial charge in [-0.25, -0.2) is 0 Å². The van der Waals surface area contributed by atoms with E-state index in [0.717, 1.165) is 12.1 Å². The van der Waals surface area contributed by atoms with Crippen molar-refractivity contribution in [1.82, 2.24) is 30.2 Å². The van der Waals surface area contributed by atoms with Gasteiger partial charge in [0.15, 0.2) is 0 Å². The van der Waals surface area contributed by atoms with Crippen LogP contribution in [0.1, 0.15) is 85.5 Å². The standard InChI is InChI=1S/C30H56N6/c1-25(6-7-26(2)36-16-5-8-30(36)9-14-31-15-10-30)33-22-28(23-33)11-17-34(18-12-28)27(3,4)35-19-13-29(24-35)20-32-21-29/h25-26,31-32H,5-24H2,1-4H3. The van der Waals surface area contributed by atoms with Crippen LogP contribution in [0.4, 0.5) is 0 Å². The second-order valence-electron chi connectivity index (χ2n) is 14.7. The first-order valence-electron chi connectivity index (χ1n) is 15.7. The van der Waals surface area contributed by atoms with Crippen molar-refractivity contribution in [3.05, 3.63) is 0 Å². The van der Waals surface area contributed by atoms with Crippen LogP contribution in [0.5, 0.6) is 0 Å². The van der Waals surface area contributed by atoms with Gasteiger partial charge >= 0.3 is 0 Å². The molecule has 6 heteroatoms. The molecule has 2 atom stereocenters. The Balaban J connectivity index is 0.942. The summed E-state index contributed by atoms with van der Waals surface area (Å²) in [6, 6.07) is 1.49. The van der Waals surface area contributed by atoms with Crippen LogP contribution in [-0.2, 0) is 0 Å². The Bertz CT molecular complexity index is 755. The van der Waals surface area contributed by atoms with Gasteiger partial charge in [0.2, 0.25) is 0 Å². The van der Waals surface area contributed by atoms with Crippen LogP contribution in [0.25, 0.3) is 0 Å². The third-order valence-corrected chi connectivity index (χ3v) is 12.2. The van der Waals surface area contributed by atoms with Crippen molar-refractivity contribution in [3.8, 4) is 0 Å². The van der Waals surface area contributed by atoms with Gasteiger partial charge < -0.3 is 10.6 Å². The zero-order chi connectivity index (χ0) is 25.0. The van der Waals surface area contributed by atoms with Gasteiger partial charge in [-0.1, -0.05) is 0 Å². The van der Waals surface area contributed by atoms with Gasteiger partial charge in [0.25, 0.3) is 0 Å². The lowest BCUT2D eigenvalue weighted by atomic mass is 9.70. The molecule has 206 valence electrons. The maximum absolute atomic E-state index is 3.60. The van der Waals surface area contributed by atoms with Crippen molar-refractivity contribution < 1.29 is 0 Å². The van der Waals surface area contributed by atoms with Crippen LogP contribution in [0.3, 0.4) is 0 Å². The van der Waals surface area contributed by atoms with E-state index >= 15 is 0 Å².